The Hall–Kier alpha value is -1.30. The SMILES string of the molecule is CC(C)C(NC(=O)c1ccc(Cl)cc1Cl)C(=O)NCCCN(C)C. The summed E-state index contributed by atoms with van der Waals surface area (Å²) in [6, 6.07) is 4.02. The van der Waals surface area contributed by atoms with Crippen LogP contribution in [0.15, 0.2) is 18.2 Å². The van der Waals surface area contributed by atoms with E-state index in [0.29, 0.717) is 17.1 Å². The Morgan fingerprint density at radius 1 is 1.21 bits per heavy atom. The van der Waals surface area contributed by atoms with Crippen LogP contribution in [0, 0.1) is 5.92 Å². The molecule has 1 rings (SSSR count). The highest BCUT2D eigenvalue weighted by Crippen LogP contribution is 2.21. The quantitative estimate of drug-likeness (QED) is 0.688. The van der Waals surface area contributed by atoms with Crippen LogP contribution in [-0.4, -0.2) is 49.9 Å². The van der Waals surface area contributed by atoms with Crippen LogP contribution < -0.4 is 10.6 Å². The summed E-state index contributed by atoms with van der Waals surface area (Å²) in [6.45, 7) is 5.22. The number of carbonyl (C=O) groups excluding carboxylic acids is 2. The first-order chi connectivity index (χ1) is 11.2. The molecule has 0 aliphatic carbocycles. The topological polar surface area (TPSA) is 61.4 Å². The van der Waals surface area contributed by atoms with Crippen molar-refractivity contribution in [2.75, 3.05) is 27.2 Å². The molecule has 1 aromatic rings. The average Bonchev–Trinajstić information content (AvgIpc) is 2.48. The fraction of sp³-hybridized carbons (Fsp3) is 0.529. The molecule has 5 nitrogen and oxygen atoms in total. The number of halogens is 2. The number of nitrogens with zero attached hydrogens (tertiary/aromatic N) is 1. The molecule has 2 N–H and O–H groups in total. The molecule has 1 atom stereocenters. The van der Waals surface area contributed by atoms with Crippen molar-refractivity contribution in [3.05, 3.63) is 33.8 Å². The molecule has 0 saturated carbocycles. The fourth-order valence-electron chi connectivity index (χ4n) is 2.14. The molecule has 0 aromatic heterocycles. The molecular weight excluding hydrogens is 349 g/mol. The van der Waals surface area contributed by atoms with Crippen molar-refractivity contribution in [2.45, 2.75) is 26.3 Å². The minimum atomic E-state index is -0.622. The molecule has 0 spiro atoms. The Kier molecular flexibility index (Phi) is 8.53. The predicted molar refractivity (Wildman–Crippen MR) is 98.7 cm³/mol. The normalized spacial score (nSPS) is 12.3. The van der Waals surface area contributed by atoms with Gasteiger partial charge in [0.05, 0.1) is 10.6 Å². The zero-order valence-electron chi connectivity index (χ0n) is 14.5. The maximum atomic E-state index is 12.4. The molecule has 0 heterocycles. The van der Waals surface area contributed by atoms with E-state index in [1.807, 2.05) is 27.9 Å². The first-order valence-electron chi connectivity index (χ1n) is 7.90. The second kappa shape index (κ2) is 9.87. The van der Waals surface area contributed by atoms with Crippen molar-refractivity contribution in [1.82, 2.24) is 15.5 Å². The van der Waals surface area contributed by atoms with Crippen LogP contribution in [0.4, 0.5) is 0 Å². The molecule has 0 aliphatic heterocycles. The average molecular weight is 374 g/mol. The van der Waals surface area contributed by atoms with E-state index in [-0.39, 0.29) is 22.8 Å². The highest BCUT2D eigenvalue weighted by atomic mass is 35.5. The second-order valence-electron chi connectivity index (χ2n) is 6.27. The molecule has 0 radical (unpaired) electrons. The lowest BCUT2D eigenvalue weighted by Gasteiger charge is -2.22. The van der Waals surface area contributed by atoms with Crippen LogP contribution in [0.25, 0.3) is 0 Å². The molecule has 1 aromatic carbocycles. The van der Waals surface area contributed by atoms with Gasteiger partial charge in [0.1, 0.15) is 6.04 Å². The summed E-state index contributed by atoms with van der Waals surface area (Å²) in [5.74, 6) is -0.630. The summed E-state index contributed by atoms with van der Waals surface area (Å²) in [5, 5.41) is 6.33. The smallest absolute Gasteiger partial charge is 0.253 e. The number of hydrogen-bond acceptors (Lipinski definition) is 3. The third-order valence-electron chi connectivity index (χ3n) is 3.49. The summed E-state index contributed by atoms with van der Waals surface area (Å²) < 4.78 is 0. The molecular formula is C17H25Cl2N3O2. The summed E-state index contributed by atoms with van der Waals surface area (Å²) in [6.07, 6.45) is 0.848. The van der Waals surface area contributed by atoms with Crippen molar-refractivity contribution >= 4 is 35.0 Å². The number of nitrogens with one attached hydrogen (secondary N) is 2. The molecule has 0 fully saturated rings. The molecule has 0 saturated heterocycles. The molecule has 134 valence electrons. The van der Waals surface area contributed by atoms with Crippen LogP contribution in [0.1, 0.15) is 30.6 Å². The van der Waals surface area contributed by atoms with Gasteiger partial charge in [-0.2, -0.15) is 0 Å². The maximum Gasteiger partial charge on any atom is 0.253 e. The van der Waals surface area contributed by atoms with Crippen LogP contribution >= 0.6 is 23.2 Å². The van der Waals surface area contributed by atoms with Crippen molar-refractivity contribution in [1.29, 1.82) is 0 Å². The summed E-state index contributed by atoms with van der Waals surface area (Å²) >= 11 is 11.9. The van der Waals surface area contributed by atoms with Gasteiger partial charge in [-0.3, -0.25) is 9.59 Å². The van der Waals surface area contributed by atoms with Crippen molar-refractivity contribution < 1.29 is 9.59 Å². The Labute approximate surface area is 153 Å². The van der Waals surface area contributed by atoms with E-state index >= 15 is 0 Å². The molecule has 24 heavy (non-hydrogen) atoms. The minimum absolute atomic E-state index is 0.0473. The number of amides is 2. The highest BCUT2D eigenvalue weighted by molar-refractivity contribution is 6.36. The lowest BCUT2D eigenvalue weighted by molar-refractivity contribution is -0.123. The van der Waals surface area contributed by atoms with Gasteiger partial charge in [0.15, 0.2) is 0 Å². The van der Waals surface area contributed by atoms with Gasteiger partial charge in [-0.15, -0.1) is 0 Å². The van der Waals surface area contributed by atoms with E-state index < -0.39 is 6.04 Å². The van der Waals surface area contributed by atoms with E-state index in [9.17, 15) is 9.59 Å². The lowest BCUT2D eigenvalue weighted by Crippen LogP contribution is -2.50. The Bertz CT molecular complexity index is 577. The van der Waals surface area contributed by atoms with Crippen LogP contribution in [0.3, 0.4) is 0 Å². The van der Waals surface area contributed by atoms with Crippen molar-refractivity contribution in [3.63, 3.8) is 0 Å². The first kappa shape index (κ1) is 20.7. The molecule has 0 bridgehead atoms. The largest absolute Gasteiger partial charge is 0.354 e. The van der Waals surface area contributed by atoms with Crippen LogP contribution in [0.2, 0.25) is 10.0 Å². The van der Waals surface area contributed by atoms with E-state index in [0.717, 1.165) is 13.0 Å². The Balaban J connectivity index is 2.68. The lowest BCUT2D eigenvalue weighted by atomic mass is 10.0. The molecule has 1 unspecified atom stereocenters. The van der Waals surface area contributed by atoms with E-state index in [1.165, 1.54) is 6.07 Å². The zero-order valence-corrected chi connectivity index (χ0v) is 16.0. The van der Waals surface area contributed by atoms with Gasteiger partial charge in [0.2, 0.25) is 5.91 Å². The van der Waals surface area contributed by atoms with Crippen molar-refractivity contribution in [3.8, 4) is 0 Å². The van der Waals surface area contributed by atoms with Gasteiger partial charge in [-0.05, 0) is 51.2 Å². The third kappa shape index (κ3) is 6.67. The van der Waals surface area contributed by atoms with Gasteiger partial charge in [-0.1, -0.05) is 37.0 Å². The maximum absolute atomic E-state index is 12.4. The minimum Gasteiger partial charge on any atom is -0.354 e. The van der Waals surface area contributed by atoms with Crippen LogP contribution in [-0.2, 0) is 4.79 Å². The standard InChI is InChI=1S/C17H25Cl2N3O2/c1-11(2)15(17(24)20-8-5-9-22(3)4)21-16(23)13-7-6-12(18)10-14(13)19/h6-7,10-11,15H,5,8-9H2,1-4H3,(H,20,24)(H,21,23). The van der Waals surface area contributed by atoms with Gasteiger partial charge in [-0.25, -0.2) is 0 Å². The second-order valence-corrected chi connectivity index (χ2v) is 7.11. The number of rotatable bonds is 8. The summed E-state index contributed by atoms with van der Waals surface area (Å²) in [7, 11) is 3.96. The summed E-state index contributed by atoms with van der Waals surface area (Å²) in [4.78, 5) is 26.8. The molecule has 2 amide bonds. The van der Waals surface area contributed by atoms with Gasteiger partial charge < -0.3 is 15.5 Å². The van der Waals surface area contributed by atoms with E-state index in [1.54, 1.807) is 12.1 Å². The first-order valence-corrected chi connectivity index (χ1v) is 8.66. The zero-order chi connectivity index (χ0) is 18.3. The van der Waals surface area contributed by atoms with E-state index in [4.69, 9.17) is 23.2 Å². The predicted octanol–water partition coefficient (Wildman–Crippen LogP) is 2.82. The molecule has 0 aliphatic rings. The van der Waals surface area contributed by atoms with Crippen molar-refractivity contribution in [2.24, 2.45) is 5.92 Å². The van der Waals surface area contributed by atoms with Crippen LogP contribution in [0.5, 0.6) is 0 Å². The fourth-order valence-corrected chi connectivity index (χ4v) is 2.64. The monoisotopic (exact) mass is 373 g/mol. The molecule has 7 heteroatoms. The van der Waals surface area contributed by atoms with Gasteiger partial charge >= 0.3 is 0 Å². The van der Waals surface area contributed by atoms with Gasteiger partial charge in [0, 0.05) is 11.6 Å². The number of benzene rings is 1. The van der Waals surface area contributed by atoms with Gasteiger partial charge in [0.25, 0.3) is 5.91 Å². The number of hydrogen-bond donors (Lipinski definition) is 2. The highest BCUT2D eigenvalue weighted by Gasteiger charge is 2.25. The Morgan fingerprint density at radius 3 is 2.42 bits per heavy atom. The third-order valence-corrected chi connectivity index (χ3v) is 4.04. The Morgan fingerprint density at radius 2 is 1.88 bits per heavy atom. The number of carbonyl (C=O) groups is 2. The summed E-state index contributed by atoms with van der Waals surface area (Å²) in [5.41, 5.74) is 0.298. The van der Waals surface area contributed by atoms with E-state index in [2.05, 4.69) is 15.5 Å².